The van der Waals surface area contributed by atoms with E-state index in [1.165, 1.54) is 41.9 Å². The molecule has 0 N–H and O–H groups in total. The first-order valence-corrected chi connectivity index (χ1v) is 16.1. The predicted octanol–water partition coefficient (Wildman–Crippen LogP) is 8.00. The molecule has 4 aromatic carbocycles. The topological polar surface area (TPSA) is 93.2 Å². The van der Waals surface area contributed by atoms with Crippen molar-refractivity contribution in [3.05, 3.63) is 131 Å². The first kappa shape index (κ1) is 30.9. The van der Waals surface area contributed by atoms with Gasteiger partial charge in [0, 0.05) is 29.7 Å². The number of hydrogen-bond donors (Lipinski definition) is 0. The summed E-state index contributed by atoms with van der Waals surface area (Å²) >= 11 is 0. The average Bonchev–Trinajstić information content (AvgIpc) is 3.60. The van der Waals surface area contributed by atoms with Crippen molar-refractivity contribution in [1.82, 2.24) is 0 Å². The van der Waals surface area contributed by atoms with E-state index >= 15 is 0 Å². The number of carbonyl (C=O) groups excluding carboxylic acids is 4. The van der Waals surface area contributed by atoms with Crippen LogP contribution in [0.1, 0.15) is 54.4 Å². The molecular formula is C40H34N2O6. The monoisotopic (exact) mass is 638 g/mol. The van der Waals surface area contributed by atoms with E-state index in [0.717, 1.165) is 46.6 Å². The highest BCUT2D eigenvalue weighted by Crippen LogP contribution is 2.48. The standard InChI is InChI=1S/C40H34N2O6/c1-26-24-32(47-30-10-6-28(7-11-30)41-36(43)18-19-37(41)44)14-16-34(26)40(22-4-3-5-23-40)35-17-15-33(25-27(35)2)48-31-12-8-29(9-13-31)42-38(45)20-21-39(42)46/h6-21,24-25H,3-5,22-23H2,1-2H3. The van der Waals surface area contributed by atoms with Gasteiger partial charge in [-0.15, -0.1) is 0 Å². The molecule has 240 valence electrons. The smallest absolute Gasteiger partial charge is 0.258 e. The fraction of sp³-hybridized carbons (Fsp3) is 0.200. The predicted molar refractivity (Wildman–Crippen MR) is 183 cm³/mol. The summed E-state index contributed by atoms with van der Waals surface area (Å²) in [5.74, 6) is 1.24. The van der Waals surface area contributed by atoms with E-state index in [-0.39, 0.29) is 29.0 Å². The number of ether oxygens (including phenoxy) is 2. The molecule has 0 aromatic heterocycles. The number of aryl methyl sites for hydroxylation is 2. The molecule has 8 heteroatoms. The van der Waals surface area contributed by atoms with E-state index in [4.69, 9.17) is 9.47 Å². The van der Waals surface area contributed by atoms with Crippen molar-refractivity contribution in [2.75, 3.05) is 9.80 Å². The molecule has 8 nitrogen and oxygen atoms in total. The lowest BCUT2D eigenvalue weighted by Crippen LogP contribution is -2.32. The highest BCUT2D eigenvalue weighted by Gasteiger charge is 2.38. The maximum absolute atomic E-state index is 12.0. The van der Waals surface area contributed by atoms with E-state index < -0.39 is 0 Å². The van der Waals surface area contributed by atoms with Gasteiger partial charge >= 0.3 is 0 Å². The van der Waals surface area contributed by atoms with Crippen LogP contribution in [0.4, 0.5) is 11.4 Å². The van der Waals surface area contributed by atoms with Crippen LogP contribution < -0.4 is 19.3 Å². The van der Waals surface area contributed by atoms with Gasteiger partial charge in [0.15, 0.2) is 0 Å². The number of benzene rings is 4. The summed E-state index contributed by atoms with van der Waals surface area (Å²) in [6, 6.07) is 26.4. The van der Waals surface area contributed by atoms with Gasteiger partial charge in [-0.05, 0) is 122 Å². The Balaban J connectivity index is 1.10. The van der Waals surface area contributed by atoms with Crippen molar-refractivity contribution < 1.29 is 28.7 Å². The van der Waals surface area contributed by atoms with Gasteiger partial charge in [0.25, 0.3) is 23.6 Å². The third kappa shape index (κ3) is 5.70. The van der Waals surface area contributed by atoms with E-state index in [9.17, 15) is 19.2 Å². The SMILES string of the molecule is Cc1cc(Oc2ccc(N3C(=O)C=CC3=O)cc2)ccc1C1(c2ccc(Oc3ccc(N4C(=O)C=CC4=O)cc3)cc2C)CCCCC1. The third-order valence-corrected chi connectivity index (χ3v) is 9.41. The number of rotatable bonds is 8. The van der Waals surface area contributed by atoms with Crippen LogP contribution in [0.2, 0.25) is 0 Å². The largest absolute Gasteiger partial charge is 0.457 e. The van der Waals surface area contributed by atoms with Gasteiger partial charge in [-0.25, -0.2) is 9.80 Å². The zero-order valence-electron chi connectivity index (χ0n) is 26.8. The summed E-state index contributed by atoms with van der Waals surface area (Å²) in [4.78, 5) is 50.4. The van der Waals surface area contributed by atoms with Crippen molar-refractivity contribution in [3.8, 4) is 23.0 Å². The molecule has 0 spiro atoms. The Morgan fingerprint density at radius 3 is 1.19 bits per heavy atom. The third-order valence-electron chi connectivity index (χ3n) is 9.41. The van der Waals surface area contributed by atoms with Gasteiger partial charge in [-0.1, -0.05) is 31.4 Å². The Kier molecular flexibility index (Phi) is 8.01. The molecule has 1 saturated carbocycles. The normalized spacial score (nSPS) is 17.0. The zero-order chi connectivity index (χ0) is 33.4. The fourth-order valence-corrected chi connectivity index (χ4v) is 7.22. The Bertz CT molecular complexity index is 1830. The van der Waals surface area contributed by atoms with Gasteiger partial charge < -0.3 is 9.47 Å². The van der Waals surface area contributed by atoms with E-state index in [2.05, 4.69) is 38.1 Å². The molecule has 7 rings (SSSR count). The summed E-state index contributed by atoms with van der Waals surface area (Å²) in [7, 11) is 0. The molecule has 0 radical (unpaired) electrons. The van der Waals surface area contributed by atoms with Crippen molar-refractivity contribution in [3.63, 3.8) is 0 Å². The van der Waals surface area contributed by atoms with Crippen LogP contribution in [0.15, 0.2) is 109 Å². The highest BCUT2D eigenvalue weighted by atomic mass is 16.5. The second-order valence-corrected chi connectivity index (χ2v) is 12.5. The lowest BCUT2D eigenvalue weighted by Gasteiger charge is -2.40. The maximum atomic E-state index is 12.0. The van der Waals surface area contributed by atoms with Crippen LogP contribution in [-0.4, -0.2) is 23.6 Å². The lowest BCUT2D eigenvalue weighted by atomic mass is 9.63. The van der Waals surface area contributed by atoms with Crippen LogP contribution in [0.25, 0.3) is 0 Å². The Morgan fingerprint density at radius 2 is 0.833 bits per heavy atom. The van der Waals surface area contributed by atoms with E-state index in [1.54, 1.807) is 48.5 Å². The molecule has 3 aliphatic rings. The summed E-state index contributed by atoms with van der Waals surface area (Å²) in [5, 5.41) is 0. The van der Waals surface area contributed by atoms with Crippen LogP contribution in [0, 0.1) is 13.8 Å². The molecule has 4 amide bonds. The quantitative estimate of drug-likeness (QED) is 0.182. The van der Waals surface area contributed by atoms with Crippen LogP contribution >= 0.6 is 0 Å². The Morgan fingerprint density at radius 1 is 0.479 bits per heavy atom. The van der Waals surface area contributed by atoms with Crippen LogP contribution in [0.5, 0.6) is 23.0 Å². The van der Waals surface area contributed by atoms with Crippen molar-refractivity contribution in [1.29, 1.82) is 0 Å². The summed E-state index contributed by atoms with van der Waals surface area (Å²) in [5.41, 5.74) is 5.74. The maximum Gasteiger partial charge on any atom is 0.258 e. The van der Waals surface area contributed by atoms with Crippen molar-refractivity contribution in [2.24, 2.45) is 0 Å². The number of carbonyl (C=O) groups is 4. The highest BCUT2D eigenvalue weighted by molar-refractivity contribution is 6.28. The molecular weight excluding hydrogens is 604 g/mol. The Hall–Kier alpha value is -5.76. The molecule has 1 fully saturated rings. The molecule has 2 heterocycles. The second-order valence-electron chi connectivity index (χ2n) is 12.5. The van der Waals surface area contributed by atoms with Gasteiger partial charge in [-0.2, -0.15) is 0 Å². The van der Waals surface area contributed by atoms with E-state index in [0.29, 0.717) is 34.4 Å². The fourth-order valence-electron chi connectivity index (χ4n) is 7.22. The average molecular weight is 639 g/mol. The first-order valence-electron chi connectivity index (χ1n) is 16.1. The molecule has 0 bridgehead atoms. The molecule has 0 saturated heterocycles. The summed E-state index contributed by atoms with van der Waals surface area (Å²) in [6.45, 7) is 4.27. The Labute approximate surface area is 278 Å². The summed E-state index contributed by atoms with van der Waals surface area (Å²) in [6.07, 6.45) is 10.7. The van der Waals surface area contributed by atoms with Crippen LogP contribution in [0.3, 0.4) is 0 Å². The van der Waals surface area contributed by atoms with Crippen molar-refractivity contribution in [2.45, 2.75) is 51.4 Å². The molecule has 48 heavy (non-hydrogen) atoms. The van der Waals surface area contributed by atoms with Gasteiger partial charge in [0.2, 0.25) is 0 Å². The zero-order valence-corrected chi connectivity index (χ0v) is 26.8. The number of imide groups is 2. The molecule has 1 aliphatic carbocycles. The number of hydrogen-bond acceptors (Lipinski definition) is 6. The molecule has 4 aromatic rings. The van der Waals surface area contributed by atoms with E-state index in [1.807, 2.05) is 12.1 Å². The minimum atomic E-state index is -0.353. The number of anilines is 2. The number of nitrogens with zero attached hydrogens (tertiary/aromatic N) is 2. The van der Waals surface area contributed by atoms with Crippen molar-refractivity contribution >= 4 is 35.0 Å². The second kappa shape index (κ2) is 12.4. The first-order chi connectivity index (χ1) is 23.2. The molecule has 0 atom stereocenters. The van der Waals surface area contributed by atoms with Crippen LogP contribution in [-0.2, 0) is 24.6 Å². The number of amides is 4. The van der Waals surface area contributed by atoms with Gasteiger partial charge in [-0.3, -0.25) is 19.2 Å². The van der Waals surface area contributed by atoms with Gasteiger partial charge in [0.1, 0.15) is 23.0 Å². The lowest BCUT2D eigenvalue weighted by molar-refractivity contribution is -0.121. The van der Waals surface area contributed by atoms with Gasteiger partial charge in [0.05, 0.1) is 11.4 Å². The molecule has 0 unspecified atom stereocenters. The summed E-state index contributed by atoms with van der Waals surface area (Å²) < 4.78 is 12.4. The molecule has 2 aliphatic heterocycles. The minimum absolute atomic E-state index is 0.140. The minimum Gasteiger partial charge on any atom is -0.457 e.